The van der Waals surface area contributed by atoms with Crippen molar-refractivity contribution in [3.05, 3.63) is 70.0 Å². The molecule has 0 saturated heterocycles. The first kappa shape index (κ1) is 18.5. The zero-order valence-electron chi connectivity index (χ0n) is 13.7. The fourth-order valence-corrected chi connectivity index (χ4v) is 2.82. The van der Waals surface area contributed by atoms with Crippen LogP contribution in [-0.2, 0) is 22.7 Å². The lowest BCUT2D eigenvalue weighted by Crippen LogP contribution is -2.10. The lowest BCUT2D eigenvalue weighted by atomic mass is 10.2. The average Bonchev–Trinajstić information content (AvgIpc) is 2.97. The van der Waals surface area contributed by atoms with Gasteiger partial charge in [0.2, 0.25) is 0 Å². The summed E-state index contributed by atoms with van der Waals surface area (Å²) in [5.41, 5.74) is 2.36. The Balaban J connectivity index is 1.71. The third kappa shape index (κ3) is 4.43. The molecule has 1 aromatic heterocycles. The van der Waals surface area contributed by atoms with Crippen LogP contribution in [0.4, 0.5) is 0 Å². The smallest absolute Gasteiger partial charge is 0.331 e. The van der Waals surface area contributed by atoms with Crippen LogP contribution in [0.3, 0.4) is 0 Å². The molecule has 0 fully saturated rings. The van der Waals surface area contributed by atoms with Crippen LogP contribution in [0.5, 0.6) is 0 Å². The SMILES string of the molecule is O=C(C=Cc1ccc(Cl)cc1)OCc1nc2ccc(Cl)cc2n1CCO. The van der Waals surface area contributed by atoms with Crippen molar-refractivity contribution in [2.45, 2.75) is 13.2 Å². The van der Waals surface area contributed by atoms with Crippen LogP contribution in [-0.4, -0.2) is 27.2 Å². The average molecular weight is 391 g/mol. The van der Waals surface area contributed by atoms with Crippen LogP contribution in [0.25, 0.3) is 17.1 Å². The largest absolute Gasteiger partial charge is 0.454 e. The van der Waals surface area contributed by atoms with E-state index in [9.17, 15) is 9.90 Å². The van der Waals surface area contributed by atoms with Crippen molar-refractivity contribution >= 4 is 46.3 Å². The normalized spacial score (nSPS) is 11.3. The molecular weight excluding hydrogens is 375 g/mol. The van der Waals surface area contributed by atoms with Crippen molar-refractivity contribution in [3.8, 4) is 0 Å². The van der Waals surface area contributed by atoms with E-state index < -0.39 is 5.97 Å². The number of imidazole rings is 1. The number of aliphatic hydroxyl groups is 1. The molecule has 0 saturated carbocycles. The van der Waals surface area contributed by atoms with Gasteiger partial charge in [-0.2, -0.15) is 0 Å². The summed E-state index contributed by atoms with van der Waals surface area (Å²) in [7, 11) is 0. The highest BCUT2D eigenvalue weighted by molar-refractivity contribution is 6.31. The standard InChI is InChI=1S/C19H16Cl2N2O3/c20-14-4-1-13(2-5-14)3-8-19(25)26-12-18-22-16-7-6-15(21)11-17(16)23(18)9-10-24/h1-8,11,24H,9-10,12H2. The van der Waals surface area contributed by atoms with Gasteiger partial charge in [-0.05, 0) is 42.0 Å². The van der Waals surface area contributed by atoms with E-state index in [1.54, 1.807) is 53.1 Å². The predicted octanol–water partition coefficient (Wildman–Crippen LogP) is 4.09. The molecule has 1 heterocycles. The van der Waals surface area contributed by atoms with Crippen molar-refractivity contribution in [1.82, 2.24) is 9.55 Å². The number of hydrogen-bond donors (Lipinski definition) is 1. The van der Waals surface area contributed by atoms with E-state index in [1.807, 2.05) is 0 Å². The zero-order valence-corrected chi connectivity index (χ0v) is 15.2. The number of aromatic nitrogens is 2. The van der Waals surface area contributed by atoms with Gasteiger partial charge in [-0.15, -0.1) is 0 Å². The Bertz CT molecular complexity index is 949. The van der Waals surface area contributed by atoms with Crippen LogP contribution >= 0.6 is 23.2 Å². The number of fused-ring (bicyclic) bond motifs is 1. The number of benzene rings is 2. The number of carbonyl (C=O) groups is 1. The molecule has 0 amide bonds. The van der Waals surface area contributed by atoms with Gasteiger partial charge >= 0.3 is 5.97 Å². The first-order valence-electron chi connectivity index (χ1n) is 7.93. The minimum absolute atomic E-state index is 0.00388. The fourth-order valence-electron chi connectivity index (χ4n) is 2.53. The van der Waals surface area contributed by atoms with Gasteiger partial charge in [-0.25, -0.2) is 9.78 Å². The summed E-state index contributed by atoms with van der Waals surface area (Å²) in [5.74, 6) is 0.0603. The molecule has 134 valence electrons. The summed E-state index contributed by atoms with van der Waals surface area (Å²) < 4.78 is 7.06. The summed E-state index contributed by atoms with van der Waals surface area (Å²) in [5, 5.41) is 10.5. The molecule has 0 radical (unpaired) electrons. The van der Waals surface area contributed by atoms with Gasteiger partial charge in [-0.3, -0.25) is 0 Å². The Hall–Kier alpha value is -2.34. The number of nitrogens with zero attached hydrogens (tertiary/aromatic N) is 2. The van der Waals surface area contributed by atoms with E-state index in [0.717, 1.165) is 16.6 Å². The van der Waals surface area contributed by atoms with Gasteiger partial charge in [0.1, 0.15) is 12.4 Å². The van der Waals surface area contributed by atoms with Crippen molar-refractivity contribution in [2.24, 2.45) is 0 Å². The summed E-state index contributed by atoms with van der Waals surface area (Å²) >= 11 is 11.9. The Morgan fingerprint density at radius 1 is 1.15 bits per heavy atom. The Morgan fingerprint density at radius 2 is 1.88 bits per heavy atom. The van der Waals surface area contributed by atoms with Gasteiger partial charge in [-0.1, -0.05) is 35.3 Å². The minimum atomic E-state index is -0.486. The van der Waals surface area contributed by atoms with Gasteiger partial charge in [0.05, 0.1) is 17.6 Å². The molecule has 0 spiro atoms. The molecule has 0 atom stereocenters. The Kier molecular flexibility index (Phi) is 5.93. The van der Waals surface area contributed by atoms with E-state index in [0.29, 0.717) is 22.4 Å². The highest BCUT2D eigenvalue weighted by Gasteiger charge is 2.12. The summed E-state index contributed by atoms with van der Waals surface area (Å²) in [4.78, 5) is 16.4. The van der Waals surface area contributed by atoms with Crippen molar-refractivity contribution < 1.29 is 14.6 Å². The van der Waals surface area contributed by atoms with Gasteiger partial charge in [0, 0.05) is 22.7 Å². The van der Waals surface area contributed by atoms with Gasteiger partial charge < -0.3 is 14.4 Å². The van der Waals surface area contributed by atoms with Crippen molar-refractivity contribution in [3.63, 3.8) is 0 Å². The van der Waals surface area contributed by atoms with Crippen LogP contribution in [0.2, 0.25) is 10.0 Å². The molecule has 3 aromatic rings. The maximum atomic E-state index is 12.0. The molecule has 26 heavy (non-hydrogen) atoms. The third-order valence-electron chi connectivity index (χ3n) is 3.74. The number of ether oxygens (including phenoxy) is 1. The number of rotatable bonds is 6. The van der Waals surface area contributed by atoms with Crippen molar-refractivity contribution in [1.29, 1.82) is 0 Å². The van der Waals surface area contributed by atoms with Crippen LogP contribution in [0.15, 0.2) is 48.5 Å². The summed E-state index contributed by atoms with van der Waals surface area (Å²) in [6.45, 7) is 0.274. The lowest BCUT2D eigenvalue weighted by molar-refractivity contribution is -0.139. The minimum Gasteiger partial charge on any atom is -0.454 e. The molecule has 7 heteroatoms. The molecule has 5 nitrogen and oxygen atoms in total. The number of halogens is 2. The summed E-state index contributed by atoms with van der Waals surface area (Å²) in [6, 6.07) is 12.4. The maximum absolute atomic E-state index is 12.0. The predicted molar refractivity (Wildman–Crippen MR) is 102 cm³/mol. The van der Waals surface area contributed by atoms with Gasteiger partial charge in [0.15, 0.2) is 0 Å². The molecule has 2 aromatic carbocycles. The number of hydrogen-bond acceptors (Lipinski definition) is 4. The van der Waals surface area contributed by atoms with Gasteiger partial charge in [0.25, 0.3) is 0 Å². The van der Waals surface area contributed by atoms with E-state index in [2.05, 4.69) is 4.98 Å². The van der Waals surface area contributed by atoms with Crippen molar-refractivity contribution in [2.75, 3.05) is 6.61 Å². The van der Waals surface area contributed by atoms with E-state index in [-0.39, 0.29) is 13.2 Å². The molecule has 0 bridgehead atoms. The quantitative estimate of drug-likeness (QED) is 0.508. The monoisotopic (exact) mass is 390 g/mol. The lowest BCUT2D eigenvalue weighted by Gasteiger charge is -2.07. The number of aliphatic hydroxyl groups excluding tert-OH is 1. The van der Waals surface area contributed by atoms with Crippen LogP contribution < -0.4 is 0 Å². The zero-order chi connectivity index (χ0) is 18.5. The first-order chi connectivity index (χ1) is 12.6. The Morgan fingerprint density at radius 3 is 2.62 bits per heavy atom. The highest BCUT2D eigenvalue weighted by Crippen LogP contribution is 2.21. The molecule has 1 N–H and O–H groups in total. The molecule has 0 aliphatic rings. The second-order valence-corrected chi connectivity index (χ2v) is 6.40. The molecular formula is C19H16Cl2N2O3. The third-order valence-corrected chi connectivity index (χ3v) is 4.23. The van der Waals surface area contributed by atoms with E-state index >= 15 is 0 Å². The maximum Gasteiger partial charge on any atom is 0.331 e. The molecule has 0 unspecified atom stereocenters. The first-order valence-corrected chi connectivity index (χ1v) is 8.68. The second kappa shape index (κ2) is 8.36. The molecule has 3 rings (SSSR count). The summed E-state index contributed by atoms with van der Waals surface area (Å²) in [6.07, 6.45) is 2.99. The number of carbonyl (C=O) groups excluding carboxylic acids is 1. The van der Waals surface area contributed by atoms with E-state index in [4.69, 9.17) is 27.9 Å². The molecule has 0 aliphatic carbocycles. The highest BCUT2D eigenvalue weighted by atomic mass is 35.5. The Labute approximate surface area is 160 Å². The number of esters is 1. The van der Waals surface area contributed by atoms with E-state index in [1.165, 1.54) is 6.08 Å². The second-order valence-electron chi connectivity index (χ2n) is 5.53. The van der Waals surface area contributed by atoms with Crippen LogP contribution in [0.1, 0.15) is 11.4 Å². The molecule has 0 aliphatic heterocycles. The fraction of sp³-hybridized carbons (Fsp3) is 0.158. The van der Waals surface area contributed by atoms with Crippen LogP contribution in [0, 0.1) is 0 Å². The topological polar surface area (TPSA) is 64.3 Å².